The fourth-order valence-corrected chi connectivity index (χ4v) is 3.27. The zero-order valence-corrected chi connectivity index (χ0v) is 17.9. The largest absolute Gasteiger partial charge is 0.493 e. The predicted molar refractivity (Wildman–Crippen MR) is 124 cm³/mol. The Hall–Kier alpha value is -3.71. The van der Waals surface area contributed by atoms with Gasteiger partial charge in [0.2, 0.25) is 4.77 Å². The summed E-state index contributed by atoms with van der Waals surface area (Å²) in [6.07, 6.45) is 1.77. The number of hydrogen-bond donors (Lipinski definition) is 1. The Kier molecular flexibility index (Phi) is 6.54. The first-order valence-electron chi connectivity index (χ1n) is 9.96. The van der Waals surface area contributed by atoms with E-state index in [0.717, 1.165) is 28.2 Å². The average molecular weight is 431 g/mol. The van der Waals surface area contributed by atoms with Gasteiger partial charge in [-0.05, 0) is 49.0 Å². The minimum Gasteiger partial charge on any atom is -0.493 e. The van der Waals surface area contributed by atoms with Crippen molar-refractivity contribution in [3.05, 3.63) is 94.8 Å². The number of aromatic nitrogens is 3. The molecule has 0 aliphatic heterocycles. The summed E-state index contributed by atoms with van der Waals surface area (Å²) >= 11 is 5.41. The molecule has 0 spiro atoms. The molecule has 6 nitrogen and oxygen atoms in total. The van der Waals surface area contributed by atoms with E-state index in [-0.39, 0.29) is 0 Å². The van der Waals surface area contributed by atoms with Crippen LogP contribution in [0, 0.1) is 4.77 Å². The van der Waals surface area contributed by atoms with Crippen molar-refractivity contribution in [2.75, 3.05) is 6.61 Å². The van der Waals surface area contributed by atoms with E-state index in [1.54, 1.807) is 10.9 Å². The molecule has 4 rings (SSSR count). The summed E-state index contributed by atoms with van der Waals surface area (Å²) in [5, 5.41) is 11.8. The molecule has 1 heterocycles. The molecule has 0 radical (unpaired) electrons. The van der Waals surface area contributed by atoms with Gasteiger partial charge in [-0.3, -0.25) is 0 Å². The monoisotopic (exact) mass is 430 g/mol. The van der Waals surface area contributed by atoms with Crippen molar-refractivity contribution in [1.82, 2.24) is 14.9 Å². The topological polar surface area (TPSA) is 64.4 Å². The number of nitrogens with zero attached hydrogens (tertiary/aromatic N) is 3. The molecule has 0 saturated heterocycles. The van der Waals surface area contributed by atoms with Gasteiger partial charge < -0.3 is 9.47 Å². The van der Waals surface area contributed by atoms with E-state index in [9.17, 15) is 0 Å². The minimum atomic E-state index is 0.399. The summed E-state index contributed by atoms with van der Waals surface area (Å²) < 4.78 is 13.6. The molecule has 156 valence electrons. The molecule has 1 N–H and O–H groups in total. The maximum absolute atomic E-state index is 5.91. The normalized spacial score (nSPS) is 11.0. The molecule has 0 fully saturated rings. The summed E-state index contributed by atoms with van der Waals surface area (Å²) in [7, 11) is 0. The number of nitrogens with one attached hydrogen (secondary N) is 1. The molecular formula is C24H22N4O2S. The molecule has 31 heavy (non-hydrogen) atoms. The quantitative estimate of drug-likeness (QED) is 0.297. The average Bonchev–Trinajstić information content (AvgIpc) is 3.18. The second-order valence-corrected chi connectivity index (χ2v) is 7.03. The Morgan fingerprint density at radius 1 is 0.968 bits per heavy atom. The smallest absolute Gasteiger partial charge is 0.216 e. The van der Waals surface area contributed by atoms with E-state index < -0.39 is 0 Å². The van der Waals surface area contributed by atoms with Crippen LogP contribution in [0.2, 0.25) is 0 Å². The first kappa shape index (κ1) is 20.6. The number of hydrogen-bond acceptors (Lipinski definition) is 5. The highest BCUT2D eigenvalue weighted by Gasteiger charge is 2.13. The maximum Gasteiger partial charge on any atom is 0.216 e. The molecule has 0 aliphatic rings. The van der Waals surface area contributed by atoms with Gasteiger partial charge in [0.15, 0.2) is 5.82 Å². The van der Waals surface area contributed by atoms with Crippen LogP contribution in [0.3, 0.4) is 0 Å². The summed E-state index contributed by atoms with van der Waals surface area (Å²) in [6, 6.07) is 25.4. The number of benzene rings is 3. The molecule has 7 heteroatoms. The van der Waals surface area contributed by atoms with Crippen LogP contribution < -0.4 is 9.47 Å². The third-order valence-corrected chi connectivity index (χ3v) is 4.85. The van der Waals surface area contributed by atoms with Crippen molar-refractivity contribution in [3.8, 4) is 22.9 Å². The fourth-order valence-electron chi connectivity index (χ4n) is 3.10. The number of aromatic amines is 1. The molecule has 0 aliphatic carbocycles. The van der Waals surface area contributed by atoms with Crippen LogP contribution in [0.15, 0.2) is 84.0 Å². The van der Waals surface area contributed by atoms with E-state index in [1.165, 1.54) is 0 Å². The lowest BCUT2D eigenvalue weighted by Crippen LogP contribution is -2.02. The Balaban J connectivity index is 1.62. The summed E-state index contributed by atoms with van der Waals surface area (Å²) in [6.45, 7) is 2.93. The number of rotatable bonds is 8. The SMILES string of the molecule is CCOc1ccccc1-c1n[nH]c(=S)n1/N=C\c1ccccc1COc1ccccc1. The summed E-state index contributed by atoms with van der Waals surface area (Å²) in [5.74, 6) is 2.14. The third kappa shape index (κ3) is 4.90. The molecule has 1 aromatic heterocycles. The Bertz CT molecular complexity index is 1230. The standard InChI is InChI=1S/C24H22N4O2S/c1-2-29-22-15-9-8-14-21(22)23-26-27-24(31)28(23)25-16-18-10-6-7-11-19(18)17-30-20-12-4-3-5-13-20/h3-16H,2,17H2,1H3,(H,27,31)/b25-16-. The highest BCUT2D eigenvalue weighted by atomic mass is 32.1. The lowest BCUT2D eigenvalue weighted by molar-refractivity contribution is 0.306. The second kappa shape index (κ2) is 9.86. The zero-order chi connectivity index (χ0) is 21.5. The lowest BCUT2D eigenvalue weighted by atomic mass is 10.1. The van der Waals surface area contributed by atoms with Gasteiger partial charge in [0, 0.05) is 5.56 Å². The van der Waals surface area contributed by atoms with Gasteiger partial charge in [0.25, 0.3) is 0 Å². The van der Waals surface area contributed by atoms with Crippen molar-refractivity contribution in [3.63, 3.8) is 0 Å². The van der Waals surface area contributed by atoms with Gasteiger partial charge in [-0.1, -0.05) is 54.6 Å². The van der Waals surface area contributed by atoms with E-state index in [0.29, 0.717) is 23.8 Å². The summed E-state index contributed by atoms with van der Waals surface area (Å²) in [5.41, 5.74) is 2.77. The van der Waals surface area contributed by atoms with Gasteiger partial charge >= 0.3 is 0 Å². The molecule has 0 unspecified atom stereocenters. The van der Waals surface area contributed by atoms with E-state index in [2.05, 4.69) is 15.3 Å². The van der Waals surface area contributed by atoms with Crippen molar-refractivity contribution in [2.45, 2.75) is 13.5 Å². The minimum absolute atomic E-state index is 0.399. The predicted octanol–water partition coefficient (Wildman–Crippen LogP) is 5.47. The van der Waals surface area contributed by atoms with Crippen molar-refractivity contribution < 1.29 is 9.47 Å². The van der Waals surface area contributed by atoms with Crippen LogP contribution in [0.5, 0.6) is 11.5 Å². The number of para-hydroxylation sites is 2. The number of H-pyrrole nitrogens is 1. The lowest BCUT2D eigenvalue weighted by Gasteiger charge is -2.10. The van der Waals surface area contributed by atoms with Crippen LogP contribution in [-0.2, 0) is 6.61 Å². The number of ether oxygens (including phenoxy) is 2. The van der Waals surface area contributed by atoms with Crippen molar-refractivity contribution >= 4 is 18.4 Å². The van der Waals surface area contributed by atoms with Crippen molar-refractivity contribution in [1.29, 1.82) is 0 Å². The van der Waals surface area contributed by atoms with Gasteiger partial charge in [-0.25, -0.2) is 5.10 Å². The Morgan fingerprint density at radius 2 is 1.71 bits per heavy atom. The maximum atomic E-state index is 5.91. The second-order valence-electron chi connectivity index (χ2n) is 6.64. The van der Waals surface area contributed by atoms with Gasteiger partial charge in [-0.15, -0.1) is 0 Å². The molecule has 3 aromatic carbocycles. The van der Waals surface area contributed by atoms with Crippen LogP contribution >= 0.6 is 12.2 Å². The van der Waals surface area contributed by atoms with Crippen LogP contribution in [0.4, 0.5) is 0 Å². The molecule has 0 amide bonds. The van der Waals surface area contributed by atoms with E-state index >= 15 is 0 Å². The van der Waals surface area contributed by atoms with Crippen LogP contribution in [0.1, 0.15) is 18.1 Å². The zero-order valence-electron chi connectivity index (χ0n) is 17.1. The van der Waals surface area contributed by atoms with Gasteiger partial charge in [0.1, 0.15) is 18.1 Å². The van der Waals surface area contributed by atoms with Crippen molar-refractivity contribution in [2.24, 2.45) is 5.10 Å². The molecule has 4 aromatic rings. The first-order valence-corrected chi connectivity index (χ1v) is 10.4. The third-order valence-electron chi connectivity index (χ3n) is 4.58. The summed E-state index contributed by atoms with van der Waals surface area (Å²) in [4.78, 5) is 0. The van der Waals surface area contributed by atoms with Crippen LogP contribution in [0.25, 0.3) is 11.4 Å². The Morgan fingerprint density at radius 3 is 2.55 bits per heavy atom. The van der Waals surface area contributed by atoms with E-state index in [1.807, 2.05) is 85.8 Å². The van der Waals surface area contributed by atoms with Gasteiger partial charge in [0.05, 0.1) is 18.4 Å². The molecular weight excluding hydrogens is 408 g/mol. The fraction of sp³-hybridized carbons (Fsp3) is 0.125. The first-order chi connectivity index (χ1) is 15.3. The van der Waals surface area contributed by atoms with Crippen LogP contribution in [-0.4, -0.2) is 27.7 Å². The van der Waals surface area contributed by atoms with E-state index in [4.69, 9.17) is 21.7 Å². The van der Waals surface area contributed by atoms with Gasteiger partial charge in [-0.2, -0.15) is 14.9 Å². The highest BCUT2D eigenvalue weighted by molar-refractivity contribution is 7.71. The molecule has 0 atom stereocenters. The molecule has 0 saturated carbocycles. The highest BCUT2D eigenvalue weighted by Crippen LogP contribution is 2.28. The Labute approximate surface area is 185 Å². The molecule has 0 bridgehead atoms.